The molecular weight excluding hydrogens is 238 g/mol. The van der Waals surface area contributed by atoms with Crippen LogP contribution in [-0.4, -0.2) is 14.9 Å². The fourth-order valence-electron chi connectivity index (χ4n) is 2.26. The van der Waals surface area contributed by atoms with Crippen LogP contribution < -0.4 is 5.32 Å². The van der Waals surface area contributed by atoms with Gasteiger partial charge in [-0.15, -0.1) is 0 Å². The predicted octanol–water partition coefficient (Wildman–Crippen LogP) is 2.68. The molecule has 4 heteroatoms. The zero-order valence-electron chi connectivity index (χ0n) is 11.7. The van der Waals surface area contributed by atoms with Gasteiger partial charge in [0.1, 0.15) is 5.75 Å². The van der Waals surface area contributed by atoms with Crippen LogP contribution >= 0.6 is 0 Å². The lowest BCUT2D eigenvalue weighted by Gasteiger charge is -2.17. The number of hydrogen-bond donors (Lipinski definition) is 2. The van der Waals surface area contributed by atoms with E-state index in [1.165, 1.54) is 11.1 Å². The van der Waals surface area contributed by atoms with Crippen molar-refractivity contribution in [3.05, 3.63) is 47.3 Å². The number of phenols is 1. The lowest BCUT2D eigenvalue weighted by Crippen LogP contribution is -2.20. The molecule has 0 spiro atoms. The number of aryl methyl sites for hydroxylation is 2. The first-order valence-corrected chi connectivity index (χ1v) is 6.61. The van der Waals surface area contributed by atoms with Gasteiger partial charge in [-0.25, -0.2) is 0 Å². The Morgan fingerprint density at radius 3 is 2.53 bits per heavy atom. The van der Waals surface area contributed by atoms with Gasteiger partial charge in [0.15, 0.2) is 0 Å². The van der Waals surface area contributed by atoms with E-state index >= 15 is 0 Å². The largest absolute Gasteiger partial charge is 0.508 e. The van der Waals surface area contributed by atoms with Gasteiger partial charge >= 0.3 is 0 Å². The van der Waals surface area contributed by atoms with Gasteiger partial charge in [0, 0.05) is 31.4 Å². The Morgan fingerprint density at radius 2 is 2.00 bits per heavy atom. The maximum atomic E-state index is 9.33. The number of rotatable bonds is 5. The van der Waals surface area contributed by atoms with Gasteiger partial charge in [-0.05, 0) is 31.0 Å². The summed E-state index contributed by atoms with van der Waals surface area (Å²) in [7, 11) is 1.94. The standard InChI is InChI=1S/C15H21N3O/c1-4-15(12-5-7-14(19)8-6-12)16-9-13-10-18(3)17-11(13)2/h5-8,10,15-16,19H,4,9H2,1-3H3. The quantitative estimate of drug-likeness (QED) is 0.868. The molecule has 19 heavy (non-hydrogen) atoms. The second-order valence-electron chi connectivity index (χ2n) is 4.85. The maximum absolute atomic E-state index is 9.33. The van der Waals surface area contributed by atoms with E-state index in [2.05, 4.69) is 17.3 Å². The van der Waals surface area contributed by atoms with Gasteiger partial charge in [-0.1, -0.05) is 19.1 Å². The normalized spacial score (nSPS) is 12.6. The topological polar surface area (TPSA) is 50.1 Å². The molecular formula is C15H21N3O. The van der Waals surface area contributed by atoms with Crippen molar-refractivity contribution in [1.29, 1.82) is 0 Å². The molecule has 102 valence electrons. The lowest BCUT2D eigenvalue weighted by molar-refractivity contribution is 0.473. The van der Waals surface area contributed by atoms with Crippen LogP contribution in [0.2, 0.25) is 0 Å². The van der Waals surface area contributed by atoms with Crippen LogP contribution in [-0.2, 0) is 13.6 Å². The van der Waals surface area contributed by atoms with Crippen LogP contribution in [0.3, 0.4) is 0 Å². The van der Waals surface area contributed by atoms with E-state index in [4.69, 9.17) is 0 Å². The Morgan fingerprint density at radius 1 is 1.32 bits per heavy atom. The highest BCUT2D eigenvalue weighted by molar-refractivity contribution is 5.28. The molecule has 0 saturated carbocycles. The fourth-order valence-corrected chi connectivity index (χ4v) is 2.26. The molecule has 1 aromatic carbocycles. The molecule has 0 aliphatic heterocycles. The zero-order valence-corrected chi connectivity index (χ0v) is 11.7. The monoisotopic (exact) mass is 259 g/mol. The molecule has 0 amide bonds. The van der Waals surface area contributed by atoms with E-state index in [0.717, 1.165) is 18.7 Å². The molecule has 4 nitrogen and oxygen atoms in total. The molecule has 2 rings (SSSR count). The predicted molar refractivity (Wildman–Crippen MR) is 75.9 cm³/mol. The summed E-state index contributed by atoms with van der Waals surface area (Å²) in [5.41, 5.74) is 3.48. The van der Waals surface area contributed by atoms with Crippen molar-refractivity contribution in [3.63, 3.8) is 0 Å². The summed E-state index contributed by atoms with van der Waals surface area (Å²) in [5, 5.41) is 17.2. The van der Waals surface area contributed by atoms with E-state index in [1.807, 2.05) is 37.0 Å². The second-order valence-corrected chi connectivity index (χ2v) is 4.85. The van der Waals surface area contributed by atoms with Crippen molar-refractivity contribution in [1.82, 2.24) is 15.1 Å². The third kappa shape index (κ3) is 3.35. The number of aromatic hydroxyl groups is 1. The fraction of sp³-hybridized carbons (Fsp3) is 0.400. The summed E-state index contributed by atoms with van der Waals surface area (Å²) in [6, 6.07) is 7.68. The first-order valence-electron chi connectivity index (χ1n) is 6.61. The molecule has 0 radical (unpaired) electrons. The minimum Gasteiger partial charge on any atom is -0.508 e. The molecule has 2 aromatic rings. The smallest absolute Gasteiger partial charge is 0.115 e. The van der Waals surface area contributed by atoms with Crippen molar-refractivity contribution >= 4 is 0 Å². The highest BCUT2D eigenvalue weighted by Crippen LogP contribution is 2.20. The Bertz CT molecular complexity index is 531. The Hall–Kier alpha value is -1.81. The van der Waals surface area contributed by atoms with Gasteiger partial charge in [-0.2, -0.15) is 5.10 Å². The van der Waals surface area contributed by atoms with Crippen molar-refractivity contribution in [2.45, 2.75) is 32.9 Å². The highest BCUT2D eigenvalue weighted by Gasteiger charge is 2.10. The summed E-state index contributed by atoms with van der Waals surface area (Å²) >= 11 is 0. The third-order valence-electron chi connectivity index (χ3n) is 3.36. The van der Waals surface area contributed by atoms with Crippen LogP contribution in [0.4, 0.5) is 0 Å². The lowest BCUT2D eigenvalue weighted by atomic mass is 10.0. The third-order valence-corrected chi connectivity index (χ3v) is 3.36. The highest BCUT2D eigenvalue weighted by atomic mass is 16.3. The van der Waals surface area contributed by atoms with Crippen molar-refractivity contribution < 1.29 is 5.11 Å². The molecule has 0 aliphatic rings. The molecule has 1 aromatic heterocycles. The Kier molecular flexibility index (Phi) is 4.22. The molecule has 2 N–H and O–H groups in total. The van der Waals surface area contributed by atoms with Crippen LogP contribution in [0.1, 0.15) is 36.2 Å². The number of nitrogens with one attached hydrogen (secondary N) is 1. The van der Waals surface area contributed by atoms with E-state index in [1.54, 1.807) is 12.1 Å². The Balaban J connectivity index is 2.03. The van der Waals surface area contributed by atoms with Crippen molar-refractivity contribution in [2.24, 2.45) is 7.05 Å². The van der Waals surface area contributed by atoms with Gasteiger partial charge in [-0.3, -0.25) is 4.68 Å². The summed E-state index contributed by atoms with van der Waals surface area (Å²) in [5.74, 6) is 0.307. The van der Waals surface area contributed by atoms with E-state index < -0.39 is 0 Å². The SMILES string of the molecule is CCC(NCc1cn(C)nc1C)c1ccc(O)cc1. The number of aromatic nitrogens is 2. The van der Waals surface area contributed by atoms with E-state index in [-0.39, 0.29) is 0 Å². The number of hydrogen-bond acceptors (Lipinski definition) is 3. The van der Waals surface area contributed by atoms with Crippen LogP contribution in [0, 0.1) is 6.92 Å². The maximum Gasteiger partial charge on any atom is 0.115 e. The van der Waals surface area contributed by atoms with Crippen LogP contribution in [0.5, 0.6) is 5.75 Å². The van der Waals surface area contributed by atoms with Crippen LogP contribution in [0.15, 0.2) is 30.5 Å². The minimum atomic E-state index is 0.292. The molecule has 0 bridgehead atoms. The van der Waals surface area contributed by atoms with Crippen LogP contribution in [0.25, 0.3) is 0 Å². The second kappa shape index (κ2) is 5.89. The average molecular weight is 259 g/mol. The molecule has 0 saturated heterocycles. The summed E-state index contributed by atoms with van der Waals surface area (Å²) in [6.45, 7) is 4.98. The molecule has 1 atom stereocenters. The summed E-state index contributed by atoms with van der Waals surface area (Å²) < 4.78 is 1.84. The minimum absolute atomic E-state index is 0.292. The molecule has 1 heterocycles. The molecule has 0 fully saturated rings. The Labute approximate surface area is 114 Å². The number of benzene rings is 1. The summed E-state index contributed by atoms with van der Waals surface area (Å²) in [4.78, 5) is 0. The van der Waals surface area contributed by atoms with Gasteiger partial charge in [0.25, 0.3) is 0 Å². The van der Waals surface area contributed by atoms with Gasteiger partial charge in [0.2, 0.25) is 0 Å². The first kappa shape index (κ1) is 13.6. The first-order chi connectivity index (χ1) is 9.10. The molecule has 1 unspecified atom stereocenters. The van der Waals surface area contributed by atoms with E-state index in [9.17, 15) is 5.11 Å². The number of nitrogens with zero attached hydrogens (tertiary/aromatic N) is 2. The molecule has 0 aliphatic carbocycles. The van der Waals surface area contributed by atoms with Gasteiger partial charge in [0.05, 0.1) is 5.69 Å². The summed E-state index contributed by atoms with van der Waals surface area (Å²) in [6.07, 6.45) is 3.05. The number of phenolic OH excluding ortho intramolecular Hbond substituents is 1. The van der Waals surface area contributed by atoms with Crippen molar-refractivity contribution in [3.8, 4) is 5.75 Å². The van der Waals surface area contributed by atoms with Gasteiger partial charge < -0.3 is 10.4 Å². The van der Waals surface area contributed by atoms with E-state index in [0.29, 0.717) is 11.8 Å². The average Bonchev–Trinajstić information content (AvgIpc) is 2.71. The zero-order chi connectivity index (χ0) is 13.8. The van der Waals surface area contributed by atoms with Crippen molar-refractivity contribution in [2.75, 3.05) is 0 Å².